The van der Waals surface area contributed by atoms with Crippen LogP contribution in [0.5, 0.6) is 0 Å². The van der Waals surface area contributed by atoms with Crippen molar-refractivity contribution in [3.8, 4) is 33.6 Å². The highest BCUT2D eigenvalue weighted by molar-refractivity contribution is 7.00. The lowest BCUT2D eigenvalue weighted by atomic mass is 9.33. The molecule has 0 unspecified atom stereocenters. The van der Waals surface area contributed by atoms with Gasteiger partial charge in [0.15, 0.2) is 0 Å². The molecule has 92 heavy (non-hydrogen) atoms. The van der Waals surface area contributed by atoms with E-state index < -0.39 is 0 Å². The summed E-state index contributed by atoms with van der Waals surface area (Å²) in [6.45, 7) is 35.2. The summed E-state index contributed by atoms with van der Waals surface area (Å²) in [4.78, 5) is 5.40. The van der Waals surface area contributed by atoms with Gasteiger partial charge in [0.2, 0.25) is 0 Å². The Labute approximate surface area is 545 Å². The predicted octanol–water partition coefficient (Wildman–Crippen LogP) is 22.1. The highest BCUT2D eigenvalue weighted by Gasteiger charge is 2.45. The van der Waals surface area contributed by atoms with Crippen molar-refractivity contribution < 1.29 is 0 Å². The van der Waals surface area contributed by atoms with Crippen molar-refractivity contribution in [3.63, 3.8) is 0 Å². The van der Waals surface area contributed by atoms with Crippen LogP contribution in [0.2, 0.25) is 0 Å². The van der Waals surface area contributed by atoms with Gasteiger partial charge in [-0.05, 0) is 174 Å². The molecule has 2 aromatic heterocycles. The van der Waals surface area contributed by atoms with Crippen molar-refractivity contribution in [2.75, 3.05) is 9.80 Å². The third kappa shape index (κ3) is 9.88. The molecule has 0 saturated carbocycles. The second-order valence-electron chi connectivity index (χ2n) is 31.7. The van der Waals surface area contributed by atoms with Gasteiger partial charge in [0.05, 0.1) is 33.4 Å². The van der Waals surface area contributed by atoms with E-state index in [0.29, 0.717) is 0 Å². The number of para-hydroxylation sites is 4. The third-order valence-electron chi connectivity index (χ3n) is 19.8. The maximum atomic E-state index is 2.70. The van der Waals surface area contributed by atoms with E-state index in [1.54, 1.807) is 0 Å². The maximum absolute atomic E-state index is 2.70. The minimum Gasteiger partial charge on any atom is -0.311 e. The molecule has 0 bridgehead atoms. The molecule has 15 rings (SSSR count). The number of fused-ring (bicyclic) bond motifs is 10. The molecule has 0 radical (unpaired) electrons. The average Bonchev–Trinajstić information content (AvgIpc) is 0.790. The van der Waals surface area contributed by atoms with E-state index in [1.165, 1.54) is 133 Å². The molecule has 0 aliphatic carbocycles. The van der Waals surface area contributed by atoms with Gasteiger partial charge >= 0.3 is 0 Å². The summed E-state index contributed by atoms with van der Waals surface area (Å²) in [6, 6.07) is 89.3. The number of hydrogen-bond donors (Lipinski definition) is 0. The molecule has 0 fully saturated rings. The lowest BCUT2D eigenvalue weighted by Gasteiger charge is -2.45. The molecule has 0 spiro atoms. The van der Waals surface area contributed by atoms with Crippen molar-refractivity contribution >= 4 is 101 Å². The fourth-order valence-electron chi connectivity index (χ4n) is 15.1. The van der Waals surface area contributed by atoms with Gasteiger partial charge in [-0.15, -0.1) is 0 Å². The van der Waals surface area contributed by atoms with Gasteiger partial charge < -0.3 is 18.9 Å². The van der Waals surface area contributed by atoms with Crippen molar-refractivity contribution in [2.24, 2.45) is 5.41 Å². The van der Waals surface area contributed by atoms with Crippen molar-refractivity contribution in [1.82, 2.24) is 9.13 Å². The molecule has 0 saturated heterocycles. The standard InChI is InChI=1S/C87H85BN4/c1-83(2,3)54-55-46-80-82-81(47-55)92(77-45-39-61(87(13,14)15)51-69(77)57-27-25-29-59(49-57)85(7,8)9)79-53-63(90-74-36-22-18-32-66(74)67-33-19-23-37-75(67)90)41-43-71(79)88(82)70-42-40-62(89-72-34-20-16-30-64(72)65-31-17-21-35-73(65)89)52-78(70)91(80)76-44-38-60(86(10,11)12)50-68(76)56-26-24-28-58(48-56)84(4,5)6/h16-53H,54H2,1-15H3. The van der Waals surface area contributed by atoms with E-state index >= 15 is 0 Å². The first kappa shape index (κ1) is 59.0. The van der Waals surface area contributed by atoms with E-state index in [2.05, 4.69) is 353 Å². The molecule has 2 aliphatic rings. The van der Waals surface area contributed by atoms with Crippen LogP contribution < -0.4 is 26.2 Å². The van der Waals surface area contributed by atoms with Gasteiger partial charge in [0.1, 0.15) is 0 Å². The molecular weight excluding hydrogens is 1110 g/mol. The van der Waals surface area contributed by atoms with E-state index in [1.807, 2.05) is 0 Å². The fourth-order valence-corrected chi connectivity index (χ4v) is 15.1. The third-order valence-corrected chi connectivity index (χ3v) is 19.8. The first-order valence-electron chi connectivity index (χ1n) is 33.3. The van der Waals surface area contributed by atoms with E-state index in [4.69, 9.17) is 0 Å². The number of rotatable bonds is 7. The van der Waals surface area contributed by atoms with Gasteiger partial charge in [-0.1, -0.05) is 249 Å². The van der Waals surface area contributed by atoms with Gasteiger partial charge in [0.25, 0.3) is 6.71 Å². The minimum atomic E-state index is -0.149. The number of benzene rings is 11. The quantitative estimate of drug-likeness (QED) is 0.148. The normalized spacial score (nSPS) is 13.6. The number of anilines is 6. The fraction of sp³-hybridized carbons (Fsp3) is 0.241. The molecule has 0 amide bonds. The molecule has 11 aromatic carbocycles. The maximum Gasteiger partial charge on any atom is 0.252 e. The van der Waals surface area contributed by atoms with Gasteiger partial charge in [-0.3, -0.25) is 0 Å². The largest absolute Gasteiger partial charge is 0.311 e. The van der Waals surface area contributed by atoms with Crippen LogP contribution in [0.25, 0.3) is 77.2 Å². The summed E-state index contributed by atoms with van der Waals surface area (Å²) < 4.78 is 5.00. The second-order valence-corrected chi connectivity index (χ2v) is 31.7. The van der Waals surface area contributed by atoms with E-state index in [-0.39, 0.29) is 33.8 Å². The van der Waals surface area contributed by atoms with Crippen LogP contribution in [0.1, 0.15) is 132 Å². The van der Waals surface area contributed by atoms with Crippen LogP contribution in [-0.4, -0.2) is 15.8 Å². The first-order chi connectivity index (χ1) is 43.8. The zero-order valence-corrected chi connectivity index (χ0v) is 56.5. The highest BCUT2D eigenvalue weighted by atomic mass is 15.2. The smallest absolute Gasteiger partial charge is 0.252 e. The predicted molar refractivity (Wildman–Crippen MR) is 398 cm³/mol. The summed E-state index contributed by atoms with van der Waals surface area (Å²) in [5.41, 5.74) is 29.0. The van der Waals surface area contributed by atoms with Gasteiger partial charge in [0, 0.05) is 66.8 Å². The van der Waals surface area contributed by atoms with Gasteiger partial charge in [-0.25, -0.2) is 0 Å². The SMILES string of the molecule is CC(C)(C)Cc1cc2c3c(c1)N(c1ccc(C(C)(C)C)cc1-c1cccc(C(C)(C)C)c1)c1cc(-n4c5ccccc5c5ccccc54)ccc1B3c1ccc(-n3c4ccccc4c4ccccc43)cc1N2c1ccc(C(C)(C)C)cc1-c1cccc(C(C)(C)C)c1. The highest BCUT2D eigenvalue weighted by Crippen LogP contribution is 2.52. The monoisotopic (exact) mass is 1200 g/mol. The Morgan fingerprint density at radius 3 is 0.989 bits per heavy atom. The summed E-state index contributed by atoms with van der Waals surface area (Å²) in [5, 5.41) is 5.00. The molecule has 4 heterocycles. The van der Waals surface area contributed by atoms with Crippen LogP contribution >= 0.6 is 0 Å². The Morgan fingerprint density at radius 1 is 0.293 bits per heavy atom. The Hall–Kier alpha value is -9.32. The van der Waals surface area contributed by atoms with Crippen molar-refractivity contribution in [2.45, 2.75) is 132 Å². The Balaban J connectivity index is 1.10. The summed E-state index contributed by atoms with van der Waals surface area (Å²) in [7, 11) is 0. The average molecular weight is 1200 g/mol. The summed E-state index contributed by atoms with van der Waals surface area (Å²) >= 11 is 0. The number of hydrogen-bond acceptors (Lipinski definition) is 2. The number of nitrogens with zero attached hydrogens (tertiary/aromatic N) is 4. The second kappa shape index (κ2) is 21.1. The first-order valence-corrected chi connectivity index (χ1v) is 33.3. The lowest BCUT2D eigenvalue weighted by molar-refractivity contribution is 0.411. The van der Waals surface area contributed by atoms with Gasteiger partial charge in [-0.2, -0.15) is 0 Å². The molecule has 4 nitrogen and oxygen atoms in total. The topological polar surface area (TPSA) is 16.3 Å². The minimum absolute atomic E-state index is 0.0393. The molecular formula is C87H85BN4. The molecule has 13 aromatic rings. The van der Waals surface area contributed by atoms with Crippen LogP contribution in [0.15, 0.2) is 231 Å². The summed E-state index contributed by atoms with van der Waals surface area (Å²) in [5.74, 6) is 0. The molecule has 5 heteroatoms. The Kier molecular flexibility index (Phi) is 13.5. The van der Waals surface area contributed by atoms with E-state index in [9.17, 15) is 0 Å². The zero-order valence-electron chi connectivity index (χ0n) is 56.5. The Bertz CT molecular complexity index is 4710. The van der Waals surface area contributed by atoms with Crippen LogP contribution in [-0.2, 0) is 28.1 Å². The van der Waals surface area contributed by atoms with Crippen molar-refractivity contribution in [3.05, 3.63) is 258 Å². The molecule has 456 valence electrons. The van der Waals surface area contributed by atoms with Crippen LogP contribution in [0.4, 0.5) is 34.1 Å². The Morgan fingerprint density at radius 2 is 0.641 bits per heavy atom. The van der Waals surface area contributed by atoms with Crippen molar-refractivity contribution in [1.29, 1.82) is 0 Å². The van der Waals surface area contributed by atoms with Crippen LogP contribution in [0, 0.1) is 5.41 Å². The summed E-state index contributed by atoms with van der Waals surface area (Å²) in [6.07, 6.45) is 0.870. The van der Waals surface area contributed by atoms with E-state index in [0.717, 1.165) is 29.2 Å². The number of aromatic nitrogens is 2. The molecule has 2 aliphatic heterocycles. The zero-order chi connectivity index (χ0) is 64.1. The molecule has 0 N–H and O–H groups in total. The van der Waals surface area contributed by atoms with Crippen LogP contribution in [0.3, 0.4) is 0 Å². The lowest BCUT2D eigenvalue weighted by Crippen LogP contribution is -2.61. The molecule has 0 atom stereocenters.